The highest BCUT2D eigenvalue weighted by molar-refractivity contribution is 5.94. The van der Waals surface area contributed by atoms with E-state index < -0.39 is 0 Å². The van der Waals surface area contributed by atoms with Crippen LogP contribution in [0.4, 0.5) is 0 Å². The number of hydrogen-bond acceptors (Lipinski definition) is 4. The van der Waals surface area contributed by atoms with Gasteiger partial charge in [-0.3, -0.25) is 4.79 Å². The second-order valence-electron chi connectivity index (χ2n) is 3.70. The van der Waals surface area contributed by atoms with Crippen LogP contribution in [0, 0.1) is 0 Å². The van der Waals surface area contributed by atoms with Gasteiger partial charge in [0.15, 0.2) is 0 Å². The van der Waals surface area contributed by atoms with E-state index in [1.807, 2.05) is 13.8 Å². The van der Waals surface area contributed by atoms with Gasteiger partial charge in [0.1, 0.15) is 0 Å². The lowest BCUT2D eigenvalue weighted by atomic mass is 9.99. The van der Waals surface area contributed by atoms with Crippen molar-refractivity contribution in [3.05, 3.63) is 24.0 Å². The largest absolute Gasteiger partial charge is 0.346 e. The fourth-order valence-electron chi connectivity index (χ4n) is 1.06. The number of hydrogen-bond donors (Lipinski definition) is 2. The zero-order valence-electron chi connectivity index (χ0n) is 9.03. The fraction of sp³-hybridized carbons (Fsp3) is 0.500. The highest BCUT2D eigenvalue weighted by Crippen LogP contribution is 2.08. The van der Waals surface area contributed by atoms with Gasteiger partial charge in [0.2, 0.25) is 0 Å². The Morgan fingerprint density at radius 1 is 1.60 bits per heavy atom. The van der Waals surface area contributed by atoms with Crippen molar-refractivity contribution < 1.29 is 4.79 Å². The van der Waals surface area contributed by atoms with Crippen LogP contribution in [0.5, 0.6) is 0 Å². The Labute approximate surface area is 89.1 Å². The summed E-state index contributed by atoms with van der Waals surface area (Å²) < 4.78 is 0. The van der Waals surface area contributed by atoms with E-state index in [0.717, 1.165) is 6.42 Å². The van der Waals surface area contributed by atoms with Crippen LogP contribution in [0.15, 0.2) is 18.5 Å². The lowest BCUT2D eigenvalue weighted by Crippen LogP contribution is -2.50. The third-order valence-electron chi connectivity index (χ3n) is 2.49. The van der Waals surface area contributed by atoms with E-state index in [-0.39, 0.29) is 11.4 Å². The van der Waals surface area contributed by atoms with E-state index in [2.05, 4.69) is 15.5 Å². The van der Waals surface area contributed by atoms with E-state index in [9.17, 15) is 4.79 Å². The molecule has 0 saturated carbocycles. The number of nitrogens with one attached hydrogen (secondary N) is 1. The zero-order chi connectivity index (χ0) is 11.3. The molecule has 3 N–H and O–H groups in total. The molecule has 0 bridgehead atoms. The van der Waals surface area contributed by atoms with Crippen molar-refractivity contribution in [1.29, 1.82) is 0 Å². The molecule has 5 nitrogen and oxygen atoms in total. The normalized spacial score (nSPS) is 14.3. The first-order valence-electron chi connectivity index (χ1n) is 4.90. The lowest BCUT2D eigenvalue weighted by Gasteiger charge is -2.27. The number of aromatic nitrogens is 2. The van der Waals surface area contributed by atoms with Gasteiger partial charge in [-0.05, 0) is 19.4 Å². The molecule has 1 rings (SSSR count). The van der Waals surface area contributed by atoms with Crippen LogP contribution >= 0.6 is 0 Å². The third-order valence-corrected chi connectivity index (χ3v) is 2.49. The molecule has 15 heavy (non-hydrogen) atoms. The SMILES string of the molecule is CCC(C)(CN)NC(=O)c1ccnnc1. The number of amides is 1. The summed E-state index contributed by atoms with van der Waals surface area (Å²) in [5, 5.41) is 10.1. The molecule has 1 unspecified atom stereocenters. The van der Waals surface area contributed by atoms with Gasteiger partial charge in [-0.15, -0.1) is 0 Å². The molecule has 1 aromatic heterocycles. The van der Waals surface area contributed by atoms with Crippen LogP contribution in [0.1, 0.15) is 30.6 Å². The second kappa shape index (κ2) is 4.84. The molecule has 0 aliphatic carbocycles. The van der Waals surface area contributed by atoms with E-state index in [1.54, 1.807) is 6.07 Å². The molecule has 0 aliphatic heterocycles. The Morgan fingerprint density at radius 3 is 2.80 bits per heavy atom. The number of nitrogens with zero attached hydrogens (tertiary/aromatic N) is 2. The quantitative estimate of drug-likeness (QED) is 0.747. The maximum atomic E-state index is 11.7. The third kappa shape index (κ3) is 2.99. The Hall–Kier alpha value is -1.49. The van der Waals surface area contributed by atoms with Gasteiger partial charge in [-0.1, -0.05) is 6.92 Å². The lowest BCUT2D eigenvalue weighted by molar-refractivity contribution is 0.0906. The maximum absolute atomic E-state index is 11.7. The number of carbonyl (C=O) groups is 1. The van der Waals surface area contributed by atoms with Gasteiger partial charge in [0.05, 0.1) is 18.0 Å². The van der Waals surface area contributed by atoms with Crippen LogP contribution < -0.4 is 11.1 Å². The van der Waals surface area contributed by atoms with Crippen molar-refractivity contribution in [2.75, 3.05) is 6.54 Å². The Balaban J connectivity index is 2.72. The van der Waals surface area contributed by atoms with Crippen molar-refractivity contribution in [3.63, 3.8) is 0 Å². The standard InChI is InChI=1S/C10H16N4O/c1-3-10(2,7-11)14-9(15)8-4-5-12-13-6-8/h4-6H,3,7,11H2,1-2H3,(H,14,15). The van der Waals surface area contributed by atoms with Gasteiger partial charge in [-0.2, -0.15) is 10.2 Å². The molecule has 0 aromatic carbocycles. The molecule has 82 valence electrons. The molecule has 0 spiro atoms. The summed E-state index contributed by atoms with van der Waals surface area (Å²) in [6.07, 6.45) is 3.70. The molecule has 0 saturated heterocycles. The molecular formula is C10H16N4O. The van der Waals surface area contributed by atoms with Crippen LogP contribution in [0.2, 0.25) is 0 Å². The molecule has 1 atom stereocenters. The minimum Gasteiger partial charge on any atom is -0.346 e. The average molecular weight is 208 g/mol. The molecule has 5 heteroatoms. The van der Waals surface area contributed by atoms with Gasteiger partial charge in [-0.25, -0.2) is 0 Å². The highest BCUT2D eigenvalue weighted by Gasteiger charge is 2.22. The summed E-state index contributed by atoms with van der Waals surface area (Å²) in [7, 11) is 0. The molecule has 1 heterocycles. The first-order chi connectivity index (χ1) is 7.11. The van der Waals surface area contributed by atoms with E-state index in [0.29, 0.717) is 12.1 Å². The second-order valence-corrected chi connectivity index (χ2v) is 3.70. The van der Waals surface area contributed by atoms with E-state index in [4.69, 9.17) is 5.73 Å². The first-order valence-corrected chi connectivity index (χ1v) is 4.90. The molecule has 0 aliphatic rings. The molecule has 1 amide bonds. The van der Waals surface area contributed by atoms with E-state index >= 15 is 0 Å². The fourth-order valence-corrected chi connectivity index (χ4v) is 1.06. The Kier molecular flexibility index (Phi) is 3.74. The van der Waals surface area contributed by atoms with Crippen LogP contribution in [0.25, 0.3) is 0 Å². The summed E-state index contributed by atoms with van der Waals surface area (Å²) in [5.41, 5.74) is 5.74. The van der Waals surface area contributed by atoms with Crippen molar-refractivity contribution in [1.82, 2.24) is 15.5 Å². The topological polar surface area (TPSA) is 80.9 Å². The first kappa shape index (κ1) is 11.6. The minimum absolute atomic E-state index is 0.167. The van der Waals surface area contributed by atoms with Crippen molar-refractivity contribution in [2.24, 2.45) is 5.73 Å². The number of nitrogens with two attached hydrogens (primary N) is 1. The van der Waals surface area contributed by atoms with Crippen LogP contribution in [-0.2, 0) is 0 Å². The van der Waals surface area contributed by atoms with Crippen molar-refractivity contribution in [3.8, 4) is 0 Å². The monoisotopic (exact) mass is 208 g/mol. The van der Waals surface area contributed by atoms with Gasteiger partial charge in [0, 0.05) is 12.1 Å². The number of rotatable bonds is 4. The molecular weight excluding hydrogens is 192 g/mol. The predicted octanol–water partition coefficient (Wildman–Crippen LogP) is 0.334. The predicted molar refractivity (Wildman–Crippen MR) is 57.2 cm³/mol. The molecule has 0 radical (unpaired) electrons. The van der Waals surface area contributed by atoms with Crippen molar-refractivity contribution >= 4 is 5.91 Å². The maximum Gasteiger partial charge on any atom is 0.253 e. The Morgan fingerprint density at radius 2 is 2.33 bits per heavy atom. The summed E-state index contributed by atoms with van der Waals surface area (Å²) in [6, 6.07) is 1.62. The smallest absolute Gasteiger partial charge is 0.253 e. The van der Waals surface area contributed by atoms with Crippen LogP contribution in [-0.4, -0.2) is 28.2 Å². The highest BCUT2D eigenvalue weighted by atomic mass is 16.1. The Bertz CT molecular complexity index is 321. The zero-order valence-corrected chi connectivity index (χ0v) is 9.03. The van der Waals surface area contributed by atoms with Gasteiger partial charge in [0.25, 0.3) is 5.91 Å². The van der Waals surface area contributed by atoms with Crippen LogP contribution in [0.3, 0.4) is 0 Å². The summed E-state index contributed by atoms with van der Waals surface area (Å²) in [5.74, 6) is -0.167. The summed E-state index contributed by atoms with van der Waals surface area (Å²) in [6.45, 7) is 4.31. The van der Waals surface area contributed by atoms with Gasteiger partial charge >= 0.3 is 0 Å². The summed E-state index contributed by atoms with van der Waals surface area (Å²) in [4.78, 5) is 11.7. The van der Waals surface area contributed by atoms with Crippen molar-refractivity contribution in [2.45, 2.75) is 25.8 Å². The average Bonchev–Trinajstić information content (AvgIpc) is 2.30. The minimum atomic E-state index is -0.361. The number of carbonyl (C=O) groups excluding carboxylic acids is 1. The molecule has 0 fully saturated rings. The van der Waals surface area contributed by atoms with Gasteiger partial charge < -0.3 is 11.1 Å². The summed E-state index contributed by atoms with van der Waals surface area (Å²) >= 11 is 0. The van der Waals surface area contributed by atoms with E-state index in [1.165, 1.54) is 12.4 Å². The molecule has 1 aromatic rings.